The summed E-state index contributed by atoms with van der Waals surface area (Å²) in [5.41, 5.74) is 4.34. The third-order valence-electron chi connectivity index (χ3n) is 3.38. The molecule has 3 aromatic rings. The van der Waals surface area contributed by atoms with E-state index in [4.69, 9.17) is 0 Å². The van der Waals surface area contributed by atoms with Crippen LogP contribution < -0.4 is 0 Å². The SMILES string of the molecule is Cc1cc(F)ccc1-c1ccc(Cn2ccnc2)cc1. The van der Waals surface area contributed by atoms with Gasteiger partial charge in [-0.25, -0.2) is 9.37 Å². The molecule has 1 aromatic heterocycles. The maximum Gasteiger partial charge on any atom is 0.123 e. The summed E-state index contributed by atoms with van der Waals surface area (Å²) in [5, 5.41) is 0. The molecular weight excluding hydrogens is 251 g/mol. The normalized spacial score (nSPS) is 10.7. The Morgan fingerprint density at radius 1 is 1.10 bits per heavy atom. The van der Waals surface area contributed by atoms with Gasteiger partial charge in [-0.15, -0.1) is 0 Å². The summed E-state index contributed by atoms with van der Waals surface area (Å²) < 4.78 is 15.2. The maximum absolute atomic E-state index is 13.1. The zero-order chi connectivity index (χ0) is 13.9. The minimum atomic E-state index is -0.192. The van der Waals surface area contributed by atoms with E-state index in [2.05, 4.69) is 29.2 Å². The highest BCUT2D eigenvalue weighted by atomic mass is 19.1. The number of aromatic nitrogens is 2. The molecule has 0 unspecified atom stereocenters. The fourth-order valence-corrected chi connectivity index (χ4v) is 2.33. The van der Waals surface area contributed by atoms with Gasteiger partial charge in [-0.2, -0.15) is 0 Å². The molecule has 0 fully saturated rings. The van der Waals surface area contributed by atoms with E-state index < -0.39 is 0 Å². The van der Waals surface area contributed by atoms with Crippen LogP contribution in [0.3, 0.4) is 0 Å². The van der Waals surface area contributed by atoms with Crippen molar-refractivity contribution in [3.05, 3.63) is 78.1 Å². The summed E-state index contributed by atoms with van der Waals surface area (Å²) >= 11 is 0. The number of hydrogen-bond donors (Lipinski definition) is 0. The van der Waals surface area contributed by atoms with Crippen LogP contribution in [0.5, 0.6) is 0 Å². The van der Waals surface area contributed by atoms with Crippen molar-refractivity contribution in [3.63, 3.8) is 0 Å². The van der Waals surface area contributed by atoms with Crippen LogP contribution in [0.25, 0.3) is 11.1 Å². The lowest BCUT2D eigenvalue weighted by atomic mass is 9.99. The summed E-state index contributed by atoms with van der Waals surface area (Å²) in [6.07, 6.45) is 5.52. The van der Waals surface area contributed by atoms with Crippen LogP contribution in [0.2, 0.25) is 0 Å². The molecule has 20 heavy (non-hydrogen) atoms. The third-order valence-corrected chi connectivity index (χ3v) is 3.38. The lowest BCUT2D eigenvalue weighted by molar-refractivity contribution is 0.627. The lowest BCUT2D eigenvalue weighted by Crippen LogP contribution is -1.96. The van der Waals surface area contributed by atoms with Crippen molar-refractivity contribution in [1.29, 1.82) is 0 Å². The number of benzene rings is 2. The average molecular weight is 266 g/mol. The molecule has 0 radical (unpaired) electrons. The predicted molar refractivity (Wildman–Crippen MR) is 77.9 cm³/mol. The largest absolute Gasteiger partial charge is 0.333 e. The Balaban J connectivity index is 1.85. The second-order valence-electron chi connectivity index (χ2n) is 4.89. The fraction of sp³-hybridized carbons (Fsp3) is 0.118. The molecule has 0 N–H and O–H groups in total. The van der Waals surface area contributed by atoms with E-state index in [-0.39, 0.29) is 5.82 Å². The van der Waals surface area contributed by atoms with Gasteiger partial charge in [-0.1, -0.05) is 30.3 Å². The van der Waals surface area contributed by atoms with E-state index in [0.717, 1.165) is 23.2 Å². The second-order valence-corrected chi connectivity index (χ2v) is 4.89. The number of aryl methyl sites for hydroxylation is 1. The zero-order valence-corrected chi connectivity index (χ0v) is 11.3. The standard InChI is InChI=1S/C17H15FN2/c1-13-10-16(18)6-7-17(13)15-4-2-14(3-5-15)11-20-9-8-19-12-20/h2-10,12H,11H2,1H3. The van der Waals surface area contributed by atoms with Gasteiger partial charge >= 0.3 is 0 Å². The van der Waals surface area contributed by atoms with Crippen molar-refractivity contribution in [1.82, 2.24) is 9.55 Å². The van der Waals surface area contributed by atoms with Crippen molar-refractivity contribution in [2.75, 3.05) is 0 Å². The Labute approximate surface area is 117 Å². The van der Waals surface area contributed by atoms with E-state index >= 15 is 0 Å². The molecule has 0 atom stereocenters. The highest BCUT2D eigenvalue weighted by molar-refractivity contribution is 5.67. The third kappa shape index (κ3) is 2.62. The molecule has 2 nitrogen and oxygen atoms in total. The van der Waals surface area contributed by atoms with E-state index in [1.807, 2.05) is 23.8 Å². The molecule has 0 amide bonds. The van der Waals surface area contributed by atoms with Crippen molar-refractivity contribution >= 4 is 0 Å². The number of imidazole rings is 1. The van der Waals surface area contributed by atoms with E-state index in [9.17, 15) is 4.39 Å². The fourth-order valence-electron chi connectivity index (χ4n) is 2.33. The van der Waals surface area contributed by atoms with Crippen LogP contribution in [0.15, 0.2) is 61.2 Å². The number of nitrogens with zero attached hydrogens (tertiary/aromatic N) is 2. The Kier molecular flexibility index (Phi) is 3.33. The molecule has 0 bridgehead atoms. The van der Waals surface area contributed by atoms with Gasteiger partial charge in [0.1, 0.15) is 5.82 Å². The van der Waals surface area contributed by atoms with Crippen LogP contribution in [-0.2, 0) is 6.54 Å². The summed E-state index contributed by atoms with van der Waals surface area (Å²) in [6.45, 7) is 2.74. The first kappa shape index (κ1) is 12.6. The average Bonchev–Trinajstić information content (AvgIpc) is 2.93. The Morgan fingerprint density at radius 2 is 1.90 bits per heavy atom. The molecular formula is C17H15FN2. The van der Waals surface area contributed by atoms with Gasteiger partial charge in [0.15, 0.2) is 0 Å². The van der Waals surface area contributed by atoms with Gasteiger partial charge in [0.2, 0.25) is 0 Å². The highest BCUT2D eigenvalue weighted by Gasteiger charge is 2.03. The first-order valence-electron chi connectivity index (χ1n) is 6.53. The van der Waals surface area contributed by atoms with Crippen molar-refractivity contribution < 1.29 is 4.39 Å². The van der Waals surface area contributed by atoms with Crippen LogP contribution in [0.4, 0.5) is 4.39 Å². The quantitative estimate of drug-likeness (QED) is 0.699. The highest BCUT2D eigenvalue weighted by Crippen LogP contribution is 2.24. The smallest absolute Gasteiger partial charge is 0.123 e. The minimum absolute atomic E-state index is 0.192. The summed E-state index contributed by atoms with van der Waals surface area (Å²) in [6, 6.07) is 13.2. The van der Waals surface area contributed by atoms with Gasteiger partial charge in [0, 0.05) is 18.9 Å². The van der Waals surface area contributed by atoms with Crippen LogP contribution in [0, 0.1) is 12.7 Å². The van der Waals surface area contributed by atoms with E-state index in [0.29, 0.717) is 0 Å². The Hall–Kier alpha value is -2.42. The second kappa shape index (κ2) is 5.29. The molecule has 0 saturated carbocycles. The van der Waals surface area contributed by atoms with Gasteiger partial charge in [0.25, 0.3) is 0 Å². The molecule has 100 valence electrons. The van der Waals surface area contributed by atoms with Crippen LogP contribution >= 0.6 is 0 Å². The molecule has 0 aliphatic carbocycles. The van der Waals surface area contributed by atoms with Gasteiger partial charge in [-0.05, 0) is 41.3 Å². The van der Waals surface area contributed by atoms with Gasteiger partial charge in [-0.3, -0.25) is 0 Å². The first-order chi connectivity index (χ1) is 9.72. The zero-order valence-electron chi connectivity index (χ0n) is 11.3. The minimum Gasteiger partial charge on any atom is -0.333 e. The molecule has 0 spiro atoms. The molecule has 0 aliphatic heterocycles. The topological polar surface area (TPSA) is 17.8 Å². The van der Waals surface area contributed by atoms with Gasteiger partial charge < -0.3 is 4.57 Å². The number of hydrogen-bond acceptors (Lipinski definition) is 1. The number of halogens is 1. The molecule has 1 heterocycles. The molecule has 2 aromatic carbocycles. The Morgan fingerprint density at radius 3 is 2.55 bits per heavy atom. The van der Waals surface area contributed by atoms with E-state index in [1.54, 1.807) is 18.6 Å². The maximum atomic E-state index is 13.1. The molecule has 0 aliphatic rings. The summed E-state index contributed by atoms with van der Waals surface area (Å²) in [5.74, 6) is -0.192. The molecule has 3 rings (SSSR count). The van der Waals surface area contributed by atoms with Crippen molar-refractivity contribution in [3.8, 4) is 11.1 Å². The summed E-state index contributed by atoms with van der Waals surface area (Å²) in [4.78, 5) is 4.03. The molecule has 3 heteroatoms. The van der Waals surface area contributed by atoms with Crippen molar-refractivity contribution in [2.24, 2.45) is 0 Å². The van der Waals surface area contributed by atoms with Crippen LogP contribution in [-0.4, -0.2) is 9.55 Å². The van der Waals surface area contributed by atoms with Crippen LogP contribution in [0.1, 0.15) is 11.1 Å². The lowest BCUT2D eigenvalue weighted by Gasteiger charge is -2.08. The first-order valence-corrected chi connectivity index (χ1v) is 6.53. The van der Waals surface area contributed by atoms with Crippen molar-refractivity contribution in [2.45, 2.75) is 13.5 Å². The monoisotopic (exact) mass is 266 g/mol. The Bertz CT molecular complexity index is 700. The predicted octanol–water partition coefficient (Wildman–Crippen LogP) is 4.05. The van der Waals surface area contributed by atoms with Gasteiger partial charge in [0.05, 0.1) is 6.33 Å². The summed E-state index contributed by atoms with van der Waals surface area (Å²) in [7, 11) is 0. The number of rotatable bonds is 3. The molecule has 0 saturated heterocycles. The van der Waals surface area contributed by atoms with E-state index in [1.165, 1.54) is 11.6 Å².